The fourth-order valence-corrected chi connectivity index (χ4v) is 7.04. The summed E-state index contributed by atoms with van der Waals surface area (Å²) in [5.74, 6) is 0.250. The van der Waals surface area contributed by atoms with Crippen LogP contribution in [0.15, 0.2) is 37.1 Å². The van der Waals surface area contributed by atoms with E-state index < -0.39 is 5.82 Å². The molecule has 0 radical (unpaired) electrons. The summed E-state index contributed by atoms with van der Waals surface area (Å²) in [6.07, 6.45) is 6.80. The van der Waals surface area contributed by atoms with Crippen molar-refractivity contribution < 1.29 is 14.3 Å². The van der Waals surface area contributed by atoms with Gasteiger partial charge in [0, 0.05) is 61.5 Å². The van der Waals surface area contributed by atoms with Crippen molar-refractivity contribution in [2.45, 2.75) is 45.4 Å². The van der Waals surface area contributed by atoms with Crippen molar-refractivity contribution >= 4 is 11.7 Å². The molecule has 1 atom stereocenters. The molecule has 8 heteroatoms. The molecule has 2 aromatic heterocycles. The Morgan fingerprint density at radius 3 is 2.76 bits per heavy atom. The highest BCUT2D eigenvalue weighted by Crippen LogP contribution is 2.47. The number of para-hydroxylation sites is 1. The molecule has 38 heavy (non-hydrogen) atoms. The molecule has 1 aliphatic carbocycles. The number of carbonyl (C=O) groups excluding carboxylic acids is 1. The maximum Gasteiger partial charge on any atom is 0.245 e. The largest absolute Gasteiger partial charge is 0.504 e. The van der Waals surface area contributed by atoms with Gasteiger partial charge in [0.15, 0.2) is 11.6 Å². The Morgan fingerprint density at radius 1 is 1.26 bits per heavy atom. The highest BCUT2D eigenvalue weighted by Gasteiger charge is 2.49. The van der Waals surface area contributed by atoms with Crippen LogP contribution in [0.2, 0.25) is 0 Å². The van der Waals surface area contributed by atoms with Crippen LogP contribution in [0.25, 0.3) is 11.1 Å². The second-order valence-electron chi connectivity index (χ2n) is 11.3. The molecule has 3 aliphatic rings. The van der Waals surface area contributed by atoms with Crippen molar-refractivity contribution in [2.75, 3.05) is 31.1 Å². The van der Waals surface area contributed by atoms with Gasteiger partial charge in [0.05, 0.1) is 6.20 Å². The summed E-state index contributed by atoms with van der Waals surface area (Å²) < 4.78 is 16.5. The number of hydrogen-bond acceptors (Lipinski definition) is 5. The number of amides is 1. The van der Waals surface area contributed by atoms with Crippen molar-refractivity contribution in [3.05, 3.63) is 70.9 Å². The highest BCUT2D eigenvalue weighted by atomic mass is 19.1. The summed E-state index contributed by atoms with van der Waals surface area (Å²) in [6, 6.07) is 4.75. The zero-order valence-corrected chi connectivity index (χ0v) is 22.3. The second kappa shape index (κ2) is 8.96. The minimum Gasteiger partial charge on any atom is -0.504 e. The molecule has 2 aliphatic heterocycles. The number of aromatic nitrogens is 3. The third-order valence-corrected chi connectivity index (χ3v) is 8.88. The number of pyridine rings is 1. The van der Waals surface area contributed by atoms with Gasteiger partial charge in [-0.15, -0.1) is 0 Å². The van der Waals surface area contributed by atoms with E-state index in [0.29, 0.717) is 11.5 Å². The fraction of sp³-hybridized carbons (Fsp3) is 0.433. The molecule has 1 amide bonds. The first-order chi connectivity index (χ1) is 18.2. The van der Waals surface area contributed by atoms with Crippen molar-refractivity contribution in [3.8, 4) is 16.9 Å². The molecule has 198 valence electrons. The van der Waals surface area contributed by atoms with Crippen LogP contribution in [-0.4, -0.2) is 56.9 Å². The van der Waals surface area contributed by atoms with Crippen molar-refractivity contribution in [3.63, 3.8) is 0 Å². The number of aryl methyl sites for hydroxylation is 2. The molecule has 4 heterocycles. The van der Waals surface area contributed by atoms with E-state index in [1.807, 2.05) is 29.7 Å². The number of fused-ring (bicyclic) bond motifs is 1. The molecule has 1 aromatic carbocycles. The minimum atomic E-state index is -0.616. The monoisotopic (exact) mass is 515 g/mol. The first-order valence-corrected chi connectivity index (χ1v) is 13.4. The van der Waals surface area contributed by atoms with Crippen LogP contribution >= 0.6 is 0 Å². The van der Waals surface area contributed by atoms with E-state index >= 15 is 0 Å². The Morgan fingerprint density at radius 2 is 2.05 bits per heavy atom. The number of rotatable bonds is 4. The molecule has 0 unspecified atom stereocenters. The molecule has 3 aromatic rings. The Hall–Kier alpha value is -3.68. The standard InChI is InChI=1S/C30H34FN5O2/c1-5-25(37)36-16-30(17-36)11-12-35(15-30)29-19(3)26(22-7-6-8-23(31)28(22)38)21-10-9-20(13-24(21)33-29)27-18(2)14-32-34(27)4/h5-8,14,20,38H,1,9-13,15-17H2,2-4H3/t20-/m0/s1. The summed E-state index contributed by atoms with van der Waals surface area (Å²) in [5, 5.41) is 15.2. The lowest BCUT2D eigenvalue weighted by Crippen LogP contribution is -2.59. The molecule has 2 saturated heterocycles. The van der Waals surface area contributed by atoms with Gasteiger partial charge in [0.25, 0.3) is 0 Å². The molecular weight excluding hydrogens is 481 g/mol. The van der Waals surface area contributed by atoms with Crippen LogP contribution in [0, 0.1) is 25.1 Å². The second-order valence-corrected chi connectivity index (χ2v) is 11.3. The van der Waals surface area contributed by atoms with E-state index in [0.717, 1.165) is 80.1 Å². The van der Waals surface area contributed by atoms with Crippen molar-refractivity contribution in [2.24, 2.45) is 12.5 Å². The highest BCUT2D eigenvalue weighted by molar-refractivity contribution is 5.88. The number of phenols is 1. The lowest BCUT2D eigenvalue weighted by molar-refractivity contribution is -0.136. The van der Waals surface area contributed by atoms with Crippen molar-refractivity contribution in [1.29, 1.82) is 0 Å². The molecule has 0 bridgehead atoms. The third kappa shape index (κ3) is 3.80. The van der Waals surface area contributed by atoms with Crippen LogP contribution in [0.1, 0.15) is 46.8 Å². The lowest BCUT2D eigenvalue weighted by atomic mass is 9.79. The van der Waals surface area contributed by atoms with Crippen LogP contribution in [-0.2, 0) is 24.7 Å². The van der Waals surface area contributed by atoms with Gasteiger partial charge >= 0.3 is 0 Å². The topological polar surface area (TPSA) is 74.5 Å². The first-order valence-electron chi connectivity index (χ1n) is 13.4. The molecular formula is C30H34FN5O2. The maximum atomic E-state index is 14.5. The number of anilines is 1. The van der Waals surface area contributed by atoms with Gasteiger partial charge < -0.3 is 14.9 Å². The van der Waals surface area contributed by atoms with E-state index in [1.54, 1.807) is 12.1 Å². The Bertz CT molecular complexity index is 1440. The molecule has 2 fully saturated rings. The number of carbonyl (C=O) groups is 1. The van der Waals surface area contributed by atoms with E-state index in [9.17, 15) is 14.3 Å². The number of aromatic hydroxyl groups is 1. The predicted molar refractivity (Wildman–Crippen MR) is 145 cm³/mol. The van der Waals surface area contributed by atoms with Crippen molar-refractivity contribution in [1.82, 2.24) is 19.7 Å². The normalized spacial score (nSPS) is 19.9. The zero-order chi connectivity index (χ0) is 26.8. The van der Waals surface area contributed by atoms with Gasteiger partial charge in [0.2, 0.25) is 5.91 Å². The smallest absolute Gasteiger partial charge is 0.245 e. The summed E-state index contributed by atoms with van der Waals surface area (Å²) in [7, 11) is 1.99. The number of nitrogens with zero attached hydrogens (tertiary/aromatic N) is 5. The first kappa shape index (κ1) is 24.6. The molecule has 6 rings (SSSR count). The third-order valence-electron chi connectivity index (χ3n) is 8.88. The average Bonchev–Trinajstić information content (AvgIpc) is 3.48. The van der Waals surface area contributed by atoms with Crippen LogP contribution in [0.5, 0.6) is 5.75 Å². The molecule has 0 saturated carbocycles. The SMILES string of the molecule is C=CC(=O)N1CC2(CCN(c3nc4c(c(-c5cccc(F)c5O)c3C)CC[C@H](c3c(C)cnn3C)C4)C2)C1. The Balaban J connectivity index is 1.41. The molecule has 1 spiro atoms. The number of phenolic OH excluding ortho intramolecular Hbond substituents is 1. The number of hydrogen-bond donors (Lipinski definition) is 1. The number of likely N-dealkylation sites (tertiary alicyclic amines) is 1. The van der Waals surface area contributed by atoms with Gasteiger partial charge in [-0.05, 0) is 73.9 Å². The predicted octanol–water partition coefficient (Wildman–Crippen LogP) is 4.44. The van der Waals surface area contributed by atoms with Gasteiger partial charge in [-0.25, -0.2) is 9.37 Å². The van der Waals surface area contributed by atoms with Crippen LogP contribution < -0.4 is 4.90 Å². The summed E-state index contributed by atoms with van der Waals surface area (Å²) in [4.78, 5) is 21.5. The number of benzene rings is 1. The maximum absolute atomic E-state index is 14.5. The quantitative estimate of drug-likeness (QED) is 0.520. The Labute approximate surface area is 222 Å². The van der Waals surface area contributed by atoms with Crippen LogP contribution in [0.3, 0.4) is 0 Å². The van der Waals surface area contributed by atoms with Gasteiger partial charge in [-0.2, -0.15) is 5.10 Å². The minimum absolute atomic E-state index is 0.0162. The summed E-state index contributed by atoms with van der Waals surface area (Å²) in [6.45, 7) is 10.9. The molecule has 1 N–H and O–H groups in total. The van der Waals surface area contributed by atoms with Crippen LogP contribution in [0.4, 0.5) is 10.2 Å². The van der Waals surface area contributed by atoms with E-state index in [2.05, 4.69) is 23.5 Å². The van der Waals surface area contributed by atoms with Gasteiger partial charge in [-0.1, -0.05) is 18.7 Å². The van der Waals surface area contributed by atoms with E-state index in [1.165, 1.54) is 23.4 Å². The number of halogens is 1. The van der Waals surface area contributed by atoms with Gasteiger partial charge in [-0.3, -0.25) is 9.48 Å². The van der Waals surface area contributed by atoms with Gasteiger partial charge in [0.1, 0.15) is 5.82 Å². The summed E-state index contributed by atoms with van der Waals surface area (Å²) >= 11 is 0. The zero-order valence-electron chi connectivity index (χ0n) is 22.3. The molecule has 7 nitrogen and oxygen atoms in total. The van der Waals surface area contributed by atoms with E-state index in [4.69, 9.17) is 4.98 Å². The average molecular weight is 516 g/mol. The lowest BCUT2D eigenvalue weighted by Gasteiger charge is -2.47. The Kier molecular flexibility index (Phi) is 5.81. The van der Waals surface area contributed by atoms with E-state index in [-0.39, 0.29) is 17.1 Å². The fourth-order valence-electron chi connectivity index (χ4n) is 7.04. The summed E-state index contributed by atoms with van der Waals surface area (Å²) in [5.41, 5.74) is 6.99.